The molecule has 1 fully saturated rings. The summed E-state index contributed by atoms with van der Waals surface area (Å²) in [5.74, 6) is 1.42. The topological polar surface area (TPSA) is 78.5 Å². The van der Waals surface area contributed by atoms with Crippen molar-refractivity contribution in [3.05, 3.63) is 0 Å². The van der Waals surface area contributed by atoms with Crippen molar-refractivity contribution in [1.29, 1.82) is 0 Å². The van der Waals surface area contributed by atoms with Crippen LogP contribution in [0.15, 0.2) is 0 Å². The van der Waals surface area contributed by atoms with E-state index in [1.54, 1.807) is 18.8 Å². The third-order valence-electron chi connectivity index (χ3n) is 2.98. The fraction of sp³-hybridized carbons (Fsp3) is 0.909. The standard InChI is InChI=1S/C11H23N3O3S2/c1-10(9-12-2)11(15)13-3-8-19(16,17)14-4-6-18-7-5-14/h10,12H,3-9H2,1-2H3,(H,13,15). The summed E-state index contributed by atoms with van der Waals surface area (Å²) in [4.78, 5) is 11.6. The smallest absolute Gasteiger partial charge is 0.224 e. The Morgan fingerprint density at radius 3 is 2.58 bits per heavy atom. The molecule has 0 radical (unpaired) electrons. The molecule has 0 spiro atoms. The van der Waals surface area contributed by atoms with E-state index in [4.69, 9.17) is 0 Å². The van der Waals surface area contributed by atoms with Crippen LogP contribution in [0.2, 0.25) is 0 Å². The zero-order valence-electron chi connectivity index (χ0n) is 11.5. The summed E-state index contributed by atoms with van der Waals surface area (Å²) < 4.78 is 25.6. The highest BCUT2D eigenvalue weighted by Crippen LogP contribution is 2.12. The lowest BCUT2D eigenvalue weighted by atomic mass is 10.1. The second-order valence-corrected chi connectivity index (χ2v) is 7.89. The SMILES string of the molecule is CNCC(C)C(=O)NCCS(=O)(=O)N1CCSCC1. The Hall–Kier alpha value is -0.310. The molecule has 6 nitrogen and oxygen atoms in total. The van der Waals surface area contributed by atoms with E-state index in [1.807, 2.05) is 6.92 Å². The average Bonchev–Trinajstić information content (AvgIpc) is 2.39. The van der Waals surface area contributed by atoms with E-state index in [0.29, 0.717) is 19.6 Å². The third kappa shape index (κ3) is 5.68. The number of hydrogen-bond donors (Lipinski definition) is 2. The van der Waals surface area contributed by atoms with Gasteiger partial charge < -0.3 is 10.6 Å². The summed E-state index contributed by atoms with van der Waals surface area (Å²) in [6.07, 6.45) is 0. The van der Waals surface area contributed by atoms with Crippen LogP contribution < -0.4 is 10.6 Å². The van der Waals surface area contributed by atoms with Crippen LogP contribution >= 0.6 is 11.8 Å². The molecule has 1 aliphatic heterocycles. The summed E-state index contributed by atoms with van der Waals surface area (Å²) in [7, 11) is -1.45. The minimum Gasteiger partial charge on any atom is -0.355 e. The molecule has 0 bridgehead atoms. The van der Waals surface area contributed by atoms with Crippen molar-refractivity contribution in [2.45, 2.75) is 6.92 Å². The molecule has 1 heterocycles. The van der Waals surface area contributed by atoms with Gasteiger partial charge in [0.05, 0.1) is 5.75 Å². The molecule has 0 aliphatic carbocycles. The molecule has 1 aliphatic rings. The first-order chi connectivity index (χ1) is 8.97. The Morgan fingerprint density at radius 1 is 1.37 bits per heavy atom. The van der Waals surface area contributed by atoms with Crippen molar-refractivity contribution >= 4 is 27.7 Å². The second kappa shape index (κ2) is 8.08. The first kappa shape index (κ1) is 16.7. The van der Waals surface area contributed by atoms with Crippen LogP contribution in [-0.2, 0) is 14.8 Å². The molecule has 8 heteroatoms. The molecule has 0 aromatic rings. The van der Waals surface area contributed by atoms with Gasteiger partial charge in [0.25, 0.3) is 0 Å². The number of carbonyl (C=O) groups excluding carboxylic acids is 1. The molecule has 1 unspecified atom stereocenters. The van der Waals surface area contributed by atoms with Crippen LogP contribution in [0.5, 0.6) is 0 Å². The third-order valence-corrected chi connectivity index (χ3v) is 5.80. The lowest BCUT2D eigenvalue weighted by Gasteiger charge is -2.25. The Kier molecular flexibility index (Phi) is 7.12. The van der Waals surface area contributed by atoms with Crippen LogP contribution in [0.25, 0.3) is 0 Å². The van der Waals surface area contributed by atoms with E-state index in [1.165, 1.54) is 4.31 Å². The van der Waals surface area contributed by atoms with E-state index < -0.39 is 10.0 Å². The van der Waals surface area contributed by atoms with E-state index >= 15 is 0 Å². The van der Waals surface area contributed by atoms with Crippen LogP contribution in [0.3, 0.4) is 0 Å². The van der Waals surface area contributed by atoms with Gasteiger partial charge in [-0.2, -0.15) is 11.8 Å². The molecule has 0 aromatic heterocycles. The van der Waals surface area contributed by atoms with Gasteiger partial charge in [-0.05, 0) is 7.05 Å². The Bertz CT molecular complexity index is 381. The number of thioether (sulfide) groups is 1. The number of nitrogens with one attached hydrogen (secondary N) is 2. The van der Waals surface area contributed by atoms with Gasteiger partial charge in [0, 0.05) is 43.6 Å². The van der Waals surface area contributed by atoms with Crippen molar-refractivity contribution < 1.29 is 13.2 Å². The Balaban J connectivity index is 2.33. The maximum atomic E-state index is 12.0. The minimum atomic E-state index is -3.23. The summed E-state index contributed by atoms with van der Waals surface area (Å²) in [5.41, 5.74) is 0. The number of carbonyl (C=O) groups is 1. The summed E-state index contributed by atoms with van der Waals surface area (Å²) in [6, 6.07) is 0. The zero-order valence-corrected chi connectivity index (χ0v) is 13.1. The van der Waals surface area contributed by atoms with E-state index in [9.17, 15) is 13.2 Å². The molecule has 2 N–H and O–H groups in total. The monoisotopic (exact) mass is 309 g/mol. The number of hydrogen-bond acceptors (Lipinski definition) is 5. The lowest BCUT2D eigenvalue weighted by molar-refractivity contribution is -0.124. The van der Waals surface area contributed by atoms with Gasteiger partial charge in [0.2, 0.25) is 15.9 Å². The molecule has 1 saturated heterocycles. The van der Waals surface area contributed by atoms with Crippen molar-refractivity contribution in [3.8, 4) is 0 Å². The van der Waals surface area contributed by atoms with Gasteiger partial charge in [-0.1, -0.05) is 6.92 Å². The van der Waals surface area contributed by atoms with Crippen molar-refractivity contribution in [2.24, 2.45) is 5.92 Å². The van der Waals surface area contributed by atoms with E-state index in [2.05, 4.69) is 10.6 Å². The largest absolute Gasteiger partial charge is 0.355 e. The Morgan fingerprint density at radius 2 is 2.00 bits per heavy atom. The van der Waals surface area contributed by atoms with Gasteiger partial charge in [-0.3, -0.25) is 4.79 Å². The average molecular weight is 309 g/mol. The molecule has 0 saturated carbocycles. The van der Waals surface area contributed by atoms with Crippen LogP contribution in [-0.4, -0.2) is 69.1 Å². The second-order valence-electron chi connectivity index (χ2n) is 4.58. The maximum absolute atomic E-state index is 12.0. The molecule has 112 valence electrons. The van der Waals surface area contributed by atoms with Crippen LogP contribution in [0.4, 0.5) is 0 Å². The summed E-state index contributed by atoms with van der Waals surface area (Å²) in [5, 5.41) is 5.59. The summed E-state index contributed by atoms with van der Waals surface area (Å²) in [6.45, 7) is 3.73. The van der Waals surface area contributed by atoms with Gasteiger partial charge >= 0.3 is 0 Å². The molecule has 1 rings (SSSR count). The molecular formula is C11H23N3O3S2. The fourth-order valence-electron chi connectivity index (χ4n) is 1.83. The van der Waals surface area contributed by atoms with Crippen molar-refractivity contribution in [3.63, 3.8) is 0 Å². The predicted molar refractivity (Wildman–Crippen MR) is 78.8 cm³/mol. The van der Waals surface area contributed by atoms with E-state index in [0.717, 1.165) is 11.5 Å². The van der Waals surface area contributed by atoms with E-state index in [-0.39, 0.29) is 24.1 Å². The lowest BCUT2D eigenvalue weighted by Crippen LogP contribution is -2.43. The number of amides is 1. The number of nitrogens with zero attached hydrogens (tertiary/aromatic N) is 1. The molecule has 1 atom stereocenters. The van der Waals surface area contributed by atoms with Gasteiger partial charge in [0.1, 0.15) is 0 Å². The van der Waals surface area contributed by atoms with Crippen LogP contribution in [0, 0.1) is 5.92 Å². The van der Waals surface area contributed by atoms with Gasteiger partial charge in [-0.15, -0.1) is 0 Å². The summed E-state index contributed by atoms with van der Waals surface area (Å²) >= 11 is 1.77. The number of sulfonamides is 1. The van der Waals surface area contributed by atoms with Crippen molar-refractivity contribution in [1.82, 2.24) is 14.9 Å². The molecular weight excluding hydrogens is 286 g/mol. The van der Waals surface area contributed by atoms with Gasteiger partial charge in [-0.25, -0.2) is 12.7 Å². The Labute approximate surface area is 119 Å². The number of rotatable bonds is 7. The quantitative estimate of drug-likeness (QED) is 0.652. The molecule has 0 aromatic carbocycles. The van der Waals surface area contributed by atoms with Gasteiger partial charge in [0.15, 0.2) is 0 Å². The maximum Gasteiger partial charge on any atom is 0.224 e. The molecule has 1 amide bonds. The highest BCUT2D eigenvalue weighted by atomic mass is 32.2. The highest BCUT2D eigenvalue weighted by molar-refractivity contribution is 7.99. The first-order valence-electron chi connectivity index (χ1n) is 6.45. The molecule has 19 heavy (non-hydrogen) atoms. The first-order valence-corrected chi connectivity index (χ1v) is 9.21. The fourth-order valence-corrected chi connectivity index (χ4v) is 4.32. The zero-order chi connectivity index (χ0) is 14.3. The highest BCUT2D eigenvalue weighted by Gasteiger charge is 2.24. The van der Waals surface area contributed by atoms with Crippen molar-refractivity contribution in [2.75, 3.05) is 50.5 Å². The van der Waals surface area contributed by atoms with Crippen LogP contribution in [0.1, 0.15) is 6.92 Å². The predicted octanol–water partition coefficient (Wildman–Crippen LogP) is -0.663. The normalized spacial score (nSPS) is 19.1. The minimum absolute atomic E-state index is 0.0182.